The van der Waals surface area contributed by atoms with Crippen LogP contribution in [-0.2, 0) is 0 Å². The minimum Gasteiger partial charge on any atom is -0.396 e. The molecular weight excluding hydrogens is 210 g/mol. The van der Waals surface area contributed by atoms with E-state index in [2.05, 4.69) is 6.92 Å². The zero-order valence-electron chi connectivity index (χ0n) is 8.99. The molecule has 2 nitrogen and oxygen atoms in total. The van der Waals surface area contributed by atoms with Gasteiger partial charge in [-0.1, -0.05) is 36.7 Å². The van der Waals surface area contributed by atoms with Crippen molar-refractivity contribution in [1.29, 1.82) is 0 Å². The van der Waals surface area contributed by atoms with Gasteiger partial charge in [-0.15, -0.1) is 0 Å². The van der Waals surface area contributed by atoms with Crippen LogP contribution in [0.5, 0.6) is 0 Å². The Morgan fingerprint density at radius 1 is 1.40 bits per heavy atom. The lowest BCUT2D eigenvalue weighted by Gasteiger charge is -2.18. The van der Waals surface area contributed by atoms with E-state index in [0.717, 1.165) is 17.0 Å². The van der Waals surface area contributed by atoms with Crippen molar-refractivity contribution in [3.8, 4) is 0 Å². The van der Waals surface area contributed by atoms with Gasteiger partial charge in [-0.3, -0.25) is 0 Å². The Labute approximate surface area is 96.1 Å². The first-order valence-electron chi connectivity index (χ1n) is 5.24. The fraction of sp³-hybridized carbons (Fsp3) is 0.500. The smallest absolute Gasteiger partial charge is 0.0471 e. The Hall–Kier alpha value is -0.570. The second kappa shape index (κ2) is 6.11. The Morgan fingerprint density at radius 3 is 2.60 bits per heavy atom. The highest BCUT2D eigenvalue weighted by Crippen LogP contribution is 2.28. The summed E-state index contributed by atoms with van der Waals surface area (Å²) < 4.78 is 0. The van der Waals surface area contributed by atoms with Crippen molar-refractivity contribution in [2.45, 2.75) is 19.3 Å². The fourth-order valence-corrected chi connectivity index (χ4v) is 2.07. The van der Waals surface area contributed by atoms with Gasteiger partial charge in [-0.05, 0) is 36.4 Å². The van der Waals surface area contributed by atoms with E-state index in [1.54, 1.807) is 0 Å². The molecule has 2 unspecified atom stereocenters. The highest BCUT2D eigenvalue weighted by Gasteiger charge is 2.14. The Balaban J connectivity index is 2.68. The number of hydrogen-bond donors (Lipinski definition) is 2. The summed E-state index contributed by atoms with van der Waals surface area (Å²) in [6.45, 7) is 2.77. The standard InChI is InChI=1S/C12H18ClNO/c1-9(6-10(7-14)8-15)11-4-2-3-5-12(11)13/h2-5,9-10,15H,6-8,14H2,1H3. The Kier molecular flexibility index (Phi) is 5.09. The molecule has 1 aromatic rings. The van der Waals surface area contributed by atoms with Gasteiger partial charge in [-0.25, -0.2) is 0 Å². The van der Waals surface area contributed by atoms with E-state index in [-0.39, 0.29) is 12.5 Å². The van der Waals surface area contributed by atoms with Crippen LogP contribution < -0.4 is 5.73 Å². The number of rotatable bonds is 5. The summed E-state index contributed by atoms with van der Waals surface area (Å²) in [5.41, 5.74) is 6.69. The molecule has 1 rings (SSSR count). The van der Waals surface area contributed by atoms with Gasteiger partial charge in [0, 0.05) is 11.6 Å². The number of halogens is 1. The molecule has 0 heterocycles. The molecule has 0 amide bonds. The summed E-state index contributed by atoms with van der Waals surface area (Å²) >= 11 is 6.10. The zero-order chi connectivity index (χ0) is 11.3. The minimum absolute atomic E-state index is 0.144. The van der Waals surface area contributed by atoms with Gasteiger partial charge in [0.2, 0.25) is 0 Å². The Morgan fingerprint density at radius 2 is 2.07 bits per heavy atom. The summed E-state index contributed by atoms with van der Waals surface area (Å²) in [6.07, 6.45) is 0.872. The van der Waals surface area contributed by atoms with Crippen LogP contribution in [0.25, 0.3) is 0 Å². The first-order chi connectivity index (χ1) is 7.19. The second-order valence-electron chi connectivity index (χ2n) is 3.94. The summed E-state index contributed by atoms with van der Waals surface area (Å²) in [6, 6.07) is 7.82. The van der Waals surface area contributed by atoms with Crippen LogP contribution in [0.1, 0.15) is 24.8 Å². The van der Waals surface area contributed by atoms with Crippen molar-refractivity contribution in [2.75, 3.05) is 13.2 Å². The third-order valence-electron chi connectivity index (χ3n) is 2.71. The summed E-state index contributed by atoms with van der Waals surface area (Å²) in [4.78, 5) is 0. The molecule has 0 aliphatic rings. The van der Waals surface area contributed by atoms with Crippen molar-refractivity contribution >= 4 is 11.6 Å². The van der Waals surface area contributed by atoms with E-state index >= 15 is 0 Å². The average molecular weight is 228 g/mol. The molecule has 2 atom stereocenters. The number of hydrogen-bond acceptors (Lipinski definition) is 2. The fourth-order valence-electron chi connectivity index (χ4n) is 1.75. The number of benzene rings is 1. The highest BCUT2D eigenvalue weighted by atomic mass is 35.5. The Bertz CT molecular complexity index is 299. The molecule has 0 saturated heterocycles. The van der Waals surface area contributed by atoms with E-state index in [0.29, 0.717) is 12.5 Å². The molecule has 0 aliphatic heterocycles. The van der Waals surface area contributed by atoms with E-state index in [9.17, 15) is 0 Å². The van der Waals surface area contributed by atoms with Gasteiger partial charge in [0.25, 0.3) is 0 Å². The molecule has 0 saturated carbocycles. The maximum absolute atomic E-state index is 9.08. The normalized spacial score (nSPS) is 14.9. The average Bonchev–Trinajstić information content (AvgIpc) is 2.26. The van der Waals surface area contributed by atoms with Crippen LogP contribution in [0.4, 0.5) is 0 Å². The largest absolute Gasteiger partial charge is 0.396 e. The quantitative estimate of drug-likeness (QED) is 0.812. The third-order valence-corrected chi connectivity index (χ3v) is 3.06. The van der Waals surface area contributed by atoms with Gasteiger partial charge < -0.3 is 10.8 Å². The lowest BCUT2D eigenvalue weighted by Crippen LogP contribution is -2.20. The van der Waals surface area contributed by atoms with E-state index < -0.39 is 0 Å². The SMILES string of the molecule is CC(CC(CN)CO)c1ccccc1Cl. The molecule has 1 aromatic carbocycles. The van der Waals surface area contributed by atoms with Crippen LogP contribution in [0.15, 0.2) is 24.3 Å². The van der Waals surface area contributed by atoms with Crippen molar-refractivity contribution in [3.63, 3.8) is 0 Å². The molecule has 0 fully saturated rings. The number of aliphatic hydroxyl groups excluding tert-OH is 1. The molecule has 3 N–H and O–H groups in total. The predicted octanol–water partition coefficient (Wildman–Crippen LogP) is 2.40. The number of nitrogens with two attached hydrogens (primary N) is 1. The maximum atomic E-state index is 9.08. The minimum atomic E-state index is 0.144. The van der Waals surface area contributed by atoms with Crippen LogP contribution >= 0.6 is 11.6 Å². The first kappa shape index (κ1) is 12.5. The van der Waals surface area contributed by atoms with Gasteiger partial charge in [0.1, 0.15) is 0 Å². The first-order valence-corrected chi connectivity index (χ1v) is 5.62. The van der Waals surface area contributed by atoms with Crippen molar-refractivity contribution in [2.24, 2.45) is 11.7 Å². The molecule has 0 bridgehead atoms. The van der Waals surface area contributed by atoms with Gasteiger partial charge >= 0.3 is 0 Å². The summed E-state index contributed by atoms with van der Waals surface area (Å²) in [5.74, 6) is 0.496. The molecule has 0 aromatic heterocycles. The molecule has 84 valence electrons. The summed E-state index contributed by atoms with van der Waals surface area (Å²) in [7, 11) is 0. The topological polar surface area (TPSA) is 46.2 Å². The van der Waals surface area contributed by atoms with Crippen LogP contribution in [0, 0.1) is 5.92 Å². The lowest BCUT2D eigenvalue weighted by atomic mass is 9.90. The van der Waals surface area contributed by atoms with Crippen molar-refractivity contribution < 1.29 is 5.11 Å². The number of aliphatic hydroxyl groups is 1. The van der Waals surface area contributed by atoms with Gasteiger partial charge in [-0.2, -0.15) is 0 Å². The van der Waals surface area contributed by atoms with Gasteiger partial charge in [0.15, 0.2) is 0 Å². The highest BCUT2D eigenvalue weighted by molar-refractivity contribution is 6.31. The van der Waals surface area contributed by atoms with Crippen LogP contribution in [0.2, 0.25) is 5.02 Å². The van der Waals surface area contributed by atoms with E-state index in [4.69, 9.17) is 22.4 Å². The van der Waals surface area contributed by atoms with Crippen LogP contribution in [-0.4, -0.2) is 18.3 Å². The molecule has 3 heteroatoms. The van der Waals surface area contributed by atoms with Crippen molar-refractivity contribution in [1.82, 2.24) is 0 Å². The molecular formula is C12H18ClNO. The molecule has 0 radical (unpaired) electrons. The van der Waals surface area contributed by atoms with E-state index in [1.807, 2.05) is 24.3 Å². The second-order valence-corrected chi connectivity index (χ2v) is 4.35. The molecule has 15 heavy (non-hydrogen) atoms. The maximum Gasteiger partial charge on any atom is 0.0471 e. The van der Waals surface area contributed by atoms with Gasteiger partial charge in [0.05, 0.1) is 0 Å². The van der Waals surface area contributed by atoms with E-state index in [1.165, 1.54) is 0 Å². The predicted molar refractivity (Wildman–Crippen MR) is 64.1 cm³/mol. The van der Waals surface area contributed by atoms with Crippen LogP contribution in [0.3, 0.4) is 0 Å². The molecule has 0 aliphatic carbocycles. The summed E-state index contributed by atoms with van der Waals surface area (Å²) in [5, 5.41) is 9.87. The molecule has 0 spiro atoms. The third kappa shape index (κ3) is 3.49. The monoisotopic (exact) mass is 227 g/mol. The zero-order valence-corrected chi connectivity index (χ0v) is 9.74. The van der Waals surface area contributed by atoms with Crippen molar-refractivity contribution in [3.05, 3.63) is 34.9 Å². The lowest BCUT2D eigenvalue weighted by molar-refractivity contribution is 0.217.